The minimum atomic E-state index is -0.306. The number of halogens is 1. The number of nitrogens with zero attached hydrogens (tertiary/aromatic N) is 2. The highest BCUT2D eigenvalue weighted by molar-refractivity contribution is 5.89. The first-order chi connectivity index (χ1) is 15.6. The van der Waals surface area contributed by atoms with Crippen LogP contribution < -0.4 is 10.6 Å². The molecule has 2 amide bonds. The molecule has 5 nitrogen and oxygen atoms in total. The molecule has 32 heavy (non-hydrogen) atoms. The number of rotatable bonds is 3. The summed E-state index contributed by atoms with van der Waals surface area (Å²) in [4.78, 5) is 16.5. The van der Waals surface area contributed by atoms with Crippen LogP contribution in [0, 0.1) is 24.6 Å². The maximum absolute atomic E-state index is 13.0. The fourth-order valence-corrected chi connectivity index (χ4v) is 2.93. The van der Waals surface area contributed by atoms with Crippen LogP contribution >= 0.6 is 0 Å². The first kappa shape index (κ1) is 22.6. The standard InChI is InChI=1S/C24H19FN4O.C2H6/c1-17-2-9-22(15-20(17)6-3-18-4-7-21(25)8-5-18)28-24(30)27-16-19-10-12-29-13-11-26-23(29)14-19;1-2/h2,4-5,7-15H,16H2,1H3,(H2,27,28,30);1-2H3. The van der Waals surface area contributed by atoms with Crippen molar-refractivity contribution < 1.29 is 9.18 Å². The molecule has 0 atom stereocenters. The quantitative estimate of drug-likeness (QED) is 0.422. The molecule has 0 bridgehead atoms. The van der Waals surface area contributed by atoms with Gasteiger partial charge in [-0.25, -0.2) is 14.2 Å². The molecule has 0 aliphatic heterocycles. The summed E-state index contributed by atoms with van der Waals surface area (Å²) >= 11 is 0. The average molecular weight is 429 g/mol. The Balaban J connectivity index is 0.00000141. The number of aryl methyl sites for hydroxylation is 1. The van der Waals surface area contributed by atoms with E-state index in [1.165, 1.54) is 12.1 Å². The van der Waals surface area contributed by atoms with Crippen molar-refractivity contribution in [3.63, 3.8) is 0 Å². The van der Waals surface area contributed by atoms with E-state index in [1.807, 2.05) is 67.9 Å². The fraction of sp³-hybridized carbons (Fsp3) is 0.154. The van der Waals surface area contributed by atoms with Gasteiger partial charge in [-0.2, -0.15) is 0 Å². The SMILES string of the molecule is CC.Cc1ccc(NC(=O)NCc2ccn3ccnc3c2)cc1C#Cc1ccc(F)cc1. The highest BCUT2D eigenvalue weighted by Gasteiger charge is 2.05. The second-order valence-corrected chi connectivity index (χ2v) is 6.82. The molecule has 0 aliphatic carbocycles. The van der Waals surface area contributed by atoms with E-state index in [2.05, 4.69) is 27.5 Å². The molecule has 6 heteroatoms. The third-order valence-corrected chi connectivity index (χ3v) is 4.60. The highest BCUT2D eigenvalue weighted by Crippen LogP contribution is 2.15. The van der Waals surface area contributed by atoms with Crippen LogP contribution in [0.2, 0.25) is 0 Å². The smallest absolute Gasteiger partial charge is 0.319 e. The number of pyridine rings is 1. The van der Waals surface area contributed by atoms with Crippen molar-refractivity contribution in [3.8, 4) is 11.8 Å². The summed E-state index contributed by atoms with van der Waals surface area (Å²) in [5.74, 6) is 5.80. The van der Waals surface area contributed by atoms with Gasteiger partial charge in [0.15, 0.2) is 0 Å². The number of anilines is 1. The molecular formula is C26H25FN4O. The third-order valence-electron chi connectivity index (χ3n) is 4.60. The number of nitrogens with one attached hydrogen (secondary N) is 2. The van der Waals surface area contributed by atoms with Crippen molar-refractivity contribution in [1.29, 1.82) is 0 Å². The molecular weight excluding hydrogens is 403 g/mol. The monoisotopic (exact) mass is 428 g/mol. The van der Waals surface area contributed by atoms with Gasteiger partial charge in [0.25, 0.3) is 0 Å². The van der Waals surface area contributed by atoms with Crippen molar-refractivity contribution >= 4 is 17.4 Å². The molecule has 4 rings (SSSR count). The van der Waals surface area contributed by atoms with Crippen molar-refractivity contribution in [1.82, 2.24) is 14.7 Å². The van der Waals surface area contributed by atoms with E-state index in [1.54, 1.807) is 18.3 Å². The number of benzene rings is 2. The van der Waals surface area contributed by atoms with Crippen LogP contribution in [0.1, 0.15) is 36.1 Å². The number of aromatic nitrogens is 2. The zero-order valence-corrected chi connectivity index (χ0v) is 18.3. The number of amides is 2. The van der Waals surface area contributed by atoms with Gasteiger partial charge in [0, 0.05) is 41.9 Å². The van der Waals surface area contributed by atoms with Crippen molar-refractivity contribution in [2.24, 2.45) is 0 Å². The Morgan fingerprint density at radius 3 is 2.59 bits per heavy atom. The van der Waals surface area contributed by atoms with E-state index in [9.17, 15) is 9.18 Å². The lowest BCUT2D eigenvalue weighted by molar-refractivity contribution is 0.251. The Morgan fingerprint density at radius 2 is 1.81 bits per heavy atom. The third kappa shape index (κ3) is 5.96. The van der Waals surface area contributed by atoms with Gasteiger partial charge in [0.2, 0.25) is 0 Å². The van der Waals surface area contributed by atoms with Gasteiger partial charge >= 0.3 is 6.03 Å². The number of carbonyl (C=O) groups is 1. The van der Waals surface area contributed by atoms with Crippen molar-refractivity contribution in [2.45, 2.75) is 27.3 Å². The van der Waals surface area contributed by atoms with Crippen LogP contribution in [0.4, 0.5) is 14.9 Å². The van der Waals surface area contributed by atoms with E-state index >= 15 is 0 Å². The summed E-state index contributed by atoms with van der Waals surface area (Å²) in [7, 11) is 0. The normalized spacial score (nSPS) is 9.88. The lowest BCUT2D eigenvalue weighted by Gasteiger charge is -2.09. The highest BCUT2D eigenvalue weighted by atomic mass is 19.1. The van der Waals surface area contributed by atoms with Crippen LogP contribution in [0.15, 0.2) is 73.2 Å². The van der Waals surface area contributed by atoms with E-state index < -0.39 is 0 Å². The maximum Gasteiger partial charge on any atom is 0.319 e. The van der Waals surface area contributed by atoms with Crippen molar-refractivity contribution in [3.05, 3.63) is 101 Å². The fourth-order valence-electron chi connectivity index (χ4n) is 2.93. The molecule has 0 saturated carbocycles. The van der Waals surface area contributed by atoms with Gasteiger partial charge in [-0.3, -0.25) is 0 Å². The second-order valence-electron chi connectivity index (χ2n) is 6.82. The lowest BCUT2D eigenvalue weighted by Crippen LogP contribution is -2.28. The van der Waals surface area contributed by atoms with Crippen LogP contribution in [-0.4, -0.2) is 15.4 Å². The Hall–Kier alpha value is -4.11. The Labute approximate surface area is 187 Å². The molecule has 0 aliphatic rings. The molecule has 2 aromatic carbocycles. The lowest BCUT2D eigenvalue weighted by atomic mass is 10.1. The van der Waals surface area contributed by atoms with E-state index in [4.69, 9.17) is 0 Å². The topological polar surface area (TPSA) is 58.4 Å². The second kappa shape index (κ2) is 10.8. The van der Waals surface area contributed by atoms with Gasteiger partial charge in [-0.15, -0.1) is 0 Å². The Kier molecular flexibility index (Phi) is 7.60. The molecule has 0 saturated heterocycles. The Bertz CT molecular complexity index is 1270. The number of hydrogen-bond acceptors (Lipinski definition) is 2. The van der Waals surface area contributed by atoms with Crippen molar-refractivity contribution in [2.75, 3.05) is 5.32 Å². The summed E-state index contributed by atoms with van der Waals surface area (Å²) < 4.78 is 14.9. The summed E-state index contributed by atoms with van der Waals surface area (Å²) in [6.07, 6.45) is 5.50. The van der Waals surface area contributed by atoms with E-state index in [-0.39, 0.29) is 11.8 Å². The number of fused-ring (bicyclic) bond motifs is 1. The van der Waals surface area contributed by atoms with Gasteiger partial charge in [0.05, 0.1) is 0 Å². The maximum atomic E-state index is 13.0. The van der Waals surface area contributed by atoms with Gasteiger partial charge in [0.1, 0.15) is 11.5 Å². The summed E-state index contributed by atoms with van der Waals surface area (Å²) in [6.45, 7) is 6.34. The number of urea groups is 1. The van der Waals surface area contributed by atoms with Gasteiger partial charge < -0.3 is 15.0 Å². The summed E-state index contributed by atoms with van der Waals surface area (Å²) in [5.41, 5.74) is 4.94. The van der Waals surface area contributed by atoms with E-state index in [0.717, 1.165) is 27.9 Å². The average Bonchev–Trinajstić information content (AvgIpc) is 3.28. The first-order valence-electron chi connectivity index (χ1n) is 10.4. The largest absolute Gasteiger partial charge is 0.334 e. The summed E-state index contributed by atoms with van der Waals surface area (Å²) in [5, 5.41) is 5.67. The Morgan fingerprint density at radius 1 is 1.03 bits per heavy atom. The predicted molar refractivity (Wildman–Crippen MR) is 126 cm³/mol. The molecule has 2 N–H and O–H groups in total. The predicted octanol–water partition coefficient (Wildman–Crippen LogP) is 5.53. The molecule has 162 valence electrons. The zero-order valence-electron chi connectivity index (χ0n) is 18.3. The minimum Gasteiger partial charge on any atom is -0.334 e. The molecule has 0 unspecified atom stereocenters. The van der Waals surface area contributed by atoms with Crippen LogP contribution in [0.3, 0.4) is 0 Å². The molecule has 0 fully saturated rings. The van der Waals surface area contributed by atoms with Crippen LogP contribution in [0.5, 0.6) is 0 Å². The number of carbonyl (C=O) groups excluding carboxylic acids is 1. The van der Waals surface area contributed by atoms with Gasteiger partial charge in [-0.1, -0.05) is 31.8 Å². The molecule has 0 spiro atoms. The zero-order chi connectivity index (χ0) is 22.9. The number of hydrogen-bond donors (Lipinski definition) is 2. The molecule has 4 aromatic rings. The molecule has 2 aromatic heterocycles. The van der Waals surface area contributed by atoms with Crippen LogP contribution in [0.25, 0.3) is 5.65 Å². The minimum absolute atomic E-state index is 0.293. The van der Waals surface area contributed by atoms with Gasteiger partial charge in [-0.05, 0) is 66.6 Å². The van der Waals surface area contributed by atoms with Crippen LogP contribution in [-0.2, 0) is 6.54 Å². The van der Waals surface area contributed by atoms with E-state index in [0.29, 0.717) is 12.2 Å². The summed E-state index contributed by atoms with van der Waals surface area (Å²) in [6, 6.07) is 15.1. The molecule has 0 radical (unpaired) electrons. The number of imidazole rings is 1. The molecule has 2 heterocycles. The first-order valence-corrected chi connectivity index (χ1v) is 10.4.